The molecule has 0 aromatic heterocycles. The molecule has 2 aliphatic rings. The lowest BCUT2D eigenvalue weighted by Crippen LogP contribution is -2.26. The van der Waals surface area contributed by atoms with Gasteiger partial charge in [-0.05, 0) is 23.8 Å². The molecule has 0 atom stereocenters. The Morgan fingerprint density at radius 2 is 1.65 bits per heavy atom. The predicted molar refractivity (Wildman–Crippen MR) is 81.9 cm³/mol. The van der Waals surface area contributed by atoms with E-state index in [9.17, 15) is 0 Å². The first-order chi connectivity index (χ1) is 9.90. The maximum atomic E-state index is 6.00. The molecule has 3 heteroatoms. The van der Waals surface area contributed by atoms with Crippen LogP contribution in [0.4, 0.5) is 0 Å². The molecule has 2 nitrogen and oxygen atoms in total. The summed E-state index contributed by atoms with van der Waals surface area (Å²) in [7, 11) is 0.356. The maximum absolute atomic E-state index is 6.00. The van der Waals surface area contributed by atoms with Crippen LogP contribution in [-0.4, -0.2) is 24.7 Å². The summed E-state index contributed by atoms with van der Waals surface area (Å²) in [6.45, 7) is 1.80. The third kappa shape index (κ3) is 2.21. The molecule has 0 saturated carbocycles. The third-order valence-corrected chi connectivity index (χ3v) is 6.13. The van der Waals surface area contributed by atoms with Gasteiger partial charge in [-0.1, -0.05) is 18.2 Å². The van der Waals surface area contributed by atoms with Gasteiger partial charge in [0.15, 0.2) is 4.90 Å². The largest absolute Gasteiger partial charge is 0.457 e. The highest BCUT2D eigenvalue weighted by molar-refractivity contribution is 7.97. The van der Waals surface area contributed by atoms with Crippen LogP contribution >= 0.6 is 0 Å². The van der Waals surface area contributed by atoms with E-state index >= 15 is 0 Å². The van der Waals surface area contributed by atoms with Crippen LogP contribution in [0, 0.1) is 0 Å². The molecule has 0 amide bonds. The summed E-state index contributed by atoms with van der Waals surface area (Å²) in [6.07, 6.45) is 0.979. The minimum Gasteiger partial charge on any atom is -0.457 e. The topological polar surface area (TPSA) is 18.5 Å². The first kappa shape index (κ1) is 12.3. The normalized spacial score (nSPS) is 18.0. The van der Waals surface area contributed by atoms with Crippen LogP contribution in [0.5, 0.6) is 11.5 Å². The second-order valence-electron chi connectivity index (χ2n) is 5.17. The molecule has 0 N–H and O–H groups in total. The van der Waals surface area contributed by atoms with Crippen LogP contribution in [0.1, 0.15) is 11.1 Å². The second-order valence-corrected chi connectivity index (χ2v) is 7.44. The van der Waals surface area contributed by atoms with Crippen LogP contribution in [0.3, 0.4) is 0 Å². The van der Waals surface area contributed by atoms with Crippen molar-refractivity contribution in [2.24, 2.45) is 0 Å². The Kier molecular flexibility index (Phi) is 3.17. The van der Waals surface area contributed by atoms with Gasteiger partial charge in [-0.2, -0.15) is 0 Å². The number of para-hydroxylation sites is 1. The highest BCUT2D eigenvalue weighted by Crippen LogP contribution is 2.37. The summed E-state index contributed by atoms with van der Waals surface area (Å²) >= 11 is 0. The van der Waals surface area contributed by atoms with E-state index in [0.29, 0.717) is 10.9 Å². The van der Waals surface area contributed by atoms with Crippen LogP contribution in [0.15, 0.2) is 47.4 Å². The van der Waals surface area contributed by atoms with Crippen molar-refractivity contribution in [3.05, 3.63) is 53.6 Å². The van der Waals surface area contributed by atoms with Gasteiger partial charge >= 0.3 is 0 Å². The number of hydrogen-bond donors (Lipinski definition) is 0. The zero-order valence-electron chi connectivity index (χ0n) is 11.3. The van der Waals surface area contributed by atoms with E-state index in [-0.39, 0.29) is 0 Å². The highest BCUT2D eigenvalue weighted by atomic mass is 32.2. The fourth-order valence-electron chi connectivity index (χ4n) is 2.81. The minimum atomic E-state index is 0.356. The number of benzene rings is 2. The van der Waals surface area contributed by atoms with Crippen molar-refractivity contribution in [2.45, 2.75) is 11.3 Å². The average Bonchev–Trinajstić information content (AvgIpc) is 2.53. The Morgan fingerprint density at radius 1 is 0.850 bits per heavy atom. The van der Waals surface area contributed by atoms with Crippen molar-refractivity contribution in [3.63, 3.8) is 0 Å². The van der Waals surface area contributed by atoms with Crippen LogP contribution in [0.2, 0.25) is 0 Å². The first-order valence-corrected chi connectivity index (χ1v) is 8.60. The molecule has 4 rings (SSSR count). The van der Waals surface area contributed by atoms with Gasteiger partial charge in [0.1, 0.15) is 23.0 Å². The molecule has 1 fully saturated rings. The fraction of sp³-hybridized carbons (Fsp3) is 0.294. The van der Waals surface area contributed by atoms with Gasteiger partial charge in [0.2, 0.25) is 0 Å². The summed E-state index contributed by atoms with van der Waals surface area (Å²) in [5.41, 5.74) is 2.60. The van der Waals surface area contributed by atoms with E-state index in [1.807, 2.05) is 12.1 Å². The second kappa shape index (κ2) is 5.15. The molecular formula is C17H17O2S+. The molecule has 2 heterocycles. The molecule has 0 radical (unpaired) electrons. The zero-order valence-corrected chi connectivity index (χ0v) is 12.1. The zero-order chi connectivity index (χ0) is 13.4. The summed E-state index contributed by atoms with van der Waals surface area (Å²) in [4.78, 5) is 1.47. The number of hydrogen-bond acceptors (Lipinski definition) is 2. The molecule has 2 aliphatic heterocycles. The summed E-state index contributed by atoms with van der Waals surface area (Å²) in [5.74, 6) is 4.34. The Bertz CT molecular complexity index is 633. The number of fused-ring (bicyclic) bond motifs is 2. The molecule has 102 valence electrons. The first-order valence-electron chi connectivity index (χ1n) is 7.04. The molecular weight excluding hydrogens is 268 g/mol. The molecule has 0 aliphatic carbocycles. The van der Waals surface area contributed by atoms with Crippen LogP contribution in [-0.2, 0) is 22.1 Å². The van der Waals surface area contributed by atoms with Gasteiger partial charge in [0.05, 0.1) is 13.2 Å². The van der Waals surface area contributed by atoms with E-state index in [1.54, 1.807) is 0 Å². The monoisotopic (exact) mass is 285 g/mol. The Labute approximate surface area is 122 Å². The van der Waals surface area contributed by atoms with E-state index in [2.05, 4.69) is 30.3 Å². The van der Waals surface area contributed by atoms with Crippen molar-refractivity contribution in [1.29, 1.82) is 0 Å². The Balaban J connectivity index is 1.65. The standard InChI is InChI=1S/C17H17O2S/c1-2-4-16-13(3-1)11-14-12-15(5-6-17(14)19-16)20-9-7-18-8-10-20/h1-6,12H,7-11H2/q+1. The smallest absolute Gasteiger partial charge is 0.155 e. The third-order valence-electron chi connectivity index (χ3n) is 3.89. The Hall–Kier alpha value is -1.45. The summed E-state index contributed by atoms with van der Waals surface area (Å²) in [6, 6.07) is 15.0. The quantitative estimate of drug-likeness (QED) is 0.638. The lowest BCUT2D eigenvalue weighted by atomic mass is 10.0. The average molecular weight is 285 g/mol. The van der Waals surface area contributed by atoms with Gasteiger partial charge in [-0.25, -0.2) is 0 Å². The van der Waals surface area contributed by atoms with Gasteiger partial charge in [0.25, 0.3) is 0 Å². The van der Waals surface area contributed by atoms with Crippen molar-refractivity contribution in [1.82, 2.24) is 0 Å². The van der Waals surface area contributed by atoms with Crippen molar-refractivity contribution >= 4 is 10.9 Å². The molecule has 20 heavy (non-hydrogen) atoms. The van der Waals surface area contributed by atoms with Gasteiger partial charge < -0.3 is 9.47 Å². The molecule has 2 aromatic carbocycles. The molecule has 2 aromatic rings. The van der Waals surface area contributed by atoms with Crippen molar-refractivity contribution in [3.8, 4) is 11.5 Å². The lowest BCUT2D eigenvalue weighted by molar-refractivity contribution is 0.159. The minimum absolute atomic E-state index is 0.356. The lowest BCUT2D eigenvalue weighted by Gasteiger charge is -2.21. The molecule has 0 bridgehead atoms. The molecule has 0 spiro atoms. The molecule has 1 saturated heterocycles. The fourth-order valence-corrected chi connectivity index (χ4v) is 4.69. The van der Waals surface area contributed by atoms with Crippen molar-refractivity contribution < 1.29 is 9.47 Å². The SMILES string of the molecule is c1ccc2c(c1)Cc1cc([S+]3CCOCC3)ccc1O2. The number of rotatable bonds is 1. The van der Waals surface area contributed by atoms with Crippen LogP contribution < -0.4 is 4.74 Å². The van der Waals surface area contributed by atoms with E-state index in [0.717, 1.165) is 42.6 Å². The van der Waals surface area contributed by atoms with Gasteiger partial charge in [-0.3, -0.25) is 0 Å². The van der Waals surface area contributed by atoms with Crippen LogP contribution in [0.25, 0.3) is 0 Å². The van der Waals surface area contributed by atoms with E-state index in [1.165, 1.54) is 16.0 Å². The molecule has 0 unspecified atom stereocenters. The van der Waals surface area contributed by atoms with Crippen molar-refractivity contribution in [2.75, 3.05) is 24.7 Å². The maximum Gasteiger partial charge on any atom is 0.155 e. The summed E-state index contributed by atoms with van der Waals surface area (Å²) < 4.78 is 11.5. The number of ether oxygens (including phenoxy) is 2. The van der Waals surface area contributed by atoms with Gasteiger partial charge in [0, 0.05) is 28.9 Å². The predicted octanol–water partition coefficient (Wildman–Crippen LogP) is 3.39. The van der Waals surface area contributed by atoms with Gasteiger partial charge in [-0.15, -0.1) is 0 Å². The Morgan fingerprint density at radius 3 is 2.55 bits per heavy atom. The van der Waals surface area contributed by atoms with E-state index < -0.39 is 0 Å². The highest BCUT2D eigenvalue weighted by Gasteiger charge is 2.27. The summed E-state index contributed by atoms with van der Waals surface area (Å²) in [5, 5.41) is 0. The van der Waals surface area contributed by atoms with E-state index in [4.69, 9.17) is 9.47 Å².